The second kappa shape index (κ2) is 6.77. The Hall–Kier alpha value is -1.98. The molecule has 6 nitrogen and oxygen atoms in total. The number of hydrogen-bond donors (Lipinski definition) is 2. The van der Waals surface area contributed by atoms with Crippen LogP contribution < -0.4 is 10.6 Å². The van der Waals surface area contributed by atoms with Crippen molar-refractivity contribution in [3.8, 4) is 0 Å². The summed E-state index contributed by atoms with van der Waals surface area (Å²) in [6, 6.07) is 3.47. The van der Waals surface area contributed by atoms with Crippen molar-refractivity contribution in [2.75, 3.05) is 5.32 Å². The van der Waals surface area contributed by atoms with Crippen molar-refractivity contribution < 1.29 is 9.59 Å². The number of amides is 2. The fraction of sp³-hybridized carbons (Fsp3) is 0.769. The van der Waals surface area contributed by atoms with Crippen LogP contribution in [0, 0.1) is 40.9 Å². The van der Waals surface area contributed by atoms with E-state index in [-0.39, 0.29) is 22.8 Å². The molecule has 0 radical (unpaired) electrons. The molecule has 0 atom stereocenters. The van der Waals surface area contributed by atoms with E-state index in [1.165, 1.54) is 38.5 Å². The lowest BCUT2D eigenvalue weighted by atomic mass is 9.49. The zero-order chi connectivity index (χ0) is 21.5. The molecule has 2 N–H and O–H groups in total. The van der Waals surface area contributed by atoms with Crippen molar-refractivity contribution in [3.05, 3.63) is 17.8 Å². The molecule has 8 bridgehead atoms. The average molecular weight is 435 g/mol. The molecule has 0 saturated heterocycles. The third-order valence-corrected chi connectivity index (χ3v) is 10.1. The van der Waals surface area contributed by atoms with Gasteiger partial charge in [-0.15, -0.1) is 10.2 Å². The third kappa shape index (κ3) is 3.12. The molecule has 8 fully saturated rings. The van der Waals surface area contributed by atoms with Crippen molar-refractivity contribution in [1.82, 2.24) is 15.5 Å². The van der Waals surface area contributed by atoms with Crippen LogP contribution in [-0.4, -0.2) is 27.6 Å². The van der Waals surface area contributed by atoms with Gasteiger partial charge in [-0.25, -0.2) is 0 Å². The van der Waals surface area contributed by atoms with Gasteiger partial charge in [-0.05, 0) is 125 Å². The highest BCUT2D eigenvalue weighted by Gasteiger charge is 2.55. The highest BCUT2D eigenvalue weighted by molar-refractivity contribution is 5.96. The van der Waals surface area contributed by atoms with Crippen LogP contribution in [0.25, 0.3) is 0 Å². The molecule has 1 aromatic rings. The highest BCUT2D eigenvalue weighted by atomic mass is 16.2. The van der Waals surface area contributed by atoms with E-state index in [0.29, 0.717) is 11.5 Å². The van der Waals surface area contributed by atoms with Gasteiger partial charge < -0.3 is 10.6 Å². The molecule has 0 aromatic carbocycles. The Morgan fingerprint density at radius 1 is 0.719 bits per heavy atom. The molecule has 2 amide bonds. The second-order valence-corrected chi connectivity index (χ2v) is 12.6. The highest BCUT2D eigenvalue weighted by Crippen LogP contribution is 2.60. The zero-order valence-corrected chi connectivity index (χ0v) is 18.8. The molecule has 1 heterocycles. The van der Waals surface area contributed by atoms with Gasteiger partial charge in [0.25, 0.3) is 5.91 Å². The number of rotatable bonds is 4. The maximum Gasteiger partial charge on any atom is 0.272 e. The first-order chi connectivity index (χ1) is 15.5. The minimum atomic E-state index is -0.203. The smallest absolute Gasteiger partial charge is 0.272 e. The van der Waals surface area contributed by atoms with E-state index in [1.807, 2.05) is 0 Å². The summed E-state index contributed by atoms with van der Waals surface area (Å²) in [7, 11) is 0. The van der Waals surface area contributed by atoms with Crippen molar-refractivity contribution >= 4 is 17.6 Å². The first kappa shape index (κ1) is 19.5. The number of nitrogens with zero attached hydrogens (tertiary/aromatic N) is 2. The van der Waals surface area contributed by atoms with Crippen LogP contribution in [0.3, 0.4) is 0 Å². The maximum atomic E-state index is 13.2. The Balaban J connectivity index is 1.02. The van der Waals surface area contributed by atoms with Gasteiger partial charge in [-0.2, -0.15) is 0 Å². The fourth-order valence-corrected chi connectivity index (χ4v) is 9.73. The molecule has 170 valence electrons. The number of hydrogen-bond acceptors (Lipinski definition) is 4. The molecular weight excluding hydrogens is 400 g/mol. The summed E-state index contributed by atoms with van der Waals surface area (Å²) < 4.78 is 0. The van der Waals surface area contributed by atoms with Crippen LogP contribution in [-0.2, 0) is 4.79 Å². The Labute approximate surface area is 189 Å². The van der Waals surface area contributed by atoms with Gasteiger partial charge in [0.1, 0.15) is 0 Å². The summed E-state index contributed by atoms with van der Waals surface area (Å²) in [4.78, 5) is 26.2. The summed E-state index contributed by atoms with van der Waals surface area (Å²) >= 11 is 0. The van der Waals surface area contributed by atoms with Crippen LogP contribution >= 0.6 is 0 Å². The monoisotopic (exact) mass is 434 g/mol. The average Bonchev–Trinajstić information content (AvgIpc) is 2.72. The lowest BCUT2D eigenvalue weighted by molar-refractivity contribution is -0.140. The second-order valence-electron chi connectivity index (χ2n) is 12.6. The fourth-order valence-electron chi connectivity index (χ4n) is 9.73. The molecule has 6 heteroatoms. The van der Waals surface area contributed by atoms with E-state index in [2.05, 4.69) is 20.8 Å². The third-order valence-electron chi connectivity index (χ3n) is 10.1. The van der Waals surface area contributed by atoms with Crippen molar-refractivity contribution in [2.24, 2.45) is 40.9 Å². The van der Waals surface area contributed by atoms with Gasteiger partial charge in [-0.3, -0.25) is 9.59 Å². The van der Waals surface area contributed by atoms with E-state index < -0.39 is 0 Å². The van der Waals surface area contributed by atoms with Gasteiger partial charge in [-0.1, -0.05) is 0 Å². The minimum Gasteiger partial charge on any atom is -0.345 e. The van der Waals surface area contributed by atoms with Gasteiger partial charge in [0.2, 0.25) is 5.91 Å². The predicted octanol–water partition coefficient (Wildman–Crippen LogP) is 4.33. The van der Waals surface area contributed by atoms with Gasteiger partial charge in [0, 0.05) is 5.54 Å². The first-order valence-electron chi connectivity index (χ1n) is 12.9. The standard InChI is InChI=1S/C26H34N4O2/c31-23(28-26-12-18-6-19(13-26)8-20(7-18)14-26)21-1-2-22(30-29-21)27-24(32)25-9-15-3-16(10-25)5-17(4-15)11-25/h1-2,15-20H,3-14H2,(H,28,31)(H,27,30,32). The topological polar surface area (TPSA) is 84.0 Å². The molecule has 9 rings (SSSR count). The lowest BCUT2D eigenvalue weighted by Gasteiger charge is -2.56. The Kier molecular flexibility index (Phi) is 4.12. The van der Waals surface area contributed by atoms with E-state index in [4.69, 9.17) is 0 Å². The largest absolute Gasteiger partial charge is 0.345 e. The molecule has 0 aliphatic heterocycles. The Morgan fingerprint density at radius 2 is 1.22 bits per heavy atom. The number of carbonyl (C=O) groups is 2. The molecule has 8 aliphatic carbocycles. The summed E-state index contributed by atoms with van der Waals surface area (Å²) in [6.45, 7) is 0. The van der Waals surface area contributed by atoms with Crippen LogP contribution in [0.15, 0.2) is 12.1 Å². The van der Waals surface area contributed by atoms with Crippen LogP contribution in [0.2, 0.25) is 0 Å². The normalized spacial score (nSPS) is 45.1. The summed E-state index contributed by atoms with van der Waals surface area (Å²) in [5.41, 5.74) is 0.123. The summed E-state index contributed by atoms with van der Waals surface area (Å²) in [6.07, 6.45) is 14.5. The van der Waals surface area contributed by atoms with E-state index in [0.717, 1.165) is 74.0 Å². The molecule has 32 heavy (non-hydrogen) atoms. The summed E-state index contributed by atoms with van der Waals surface area (Å²) in [5, 5.41) is 14.8. The van der Waals surface area contributed by atoms with Crippen LogP contribution in [0.4, 0.5) is 5.82 Å². The van der Waals surface area contributed by atoms with Gasteiger partial charge in [0.05, 0.1) is 5.41 Å². The van der Waals surface area contributed by atoms with Crippen molar-refractivity contribution in [3.63, 3.8) is 0 Å². The Morgan fingerprint density at radius 3 is 1.69 bits per heavy atom. The number of nitrogens with one attached hydrogen (secondary N) is 2. The molecule has 8 saturated carbocycles. The van der Waals surface area contributed by atoms with Crippen molar-refractivity contribution in [1.29, 1.82) is 0 Å². The van der Waals surface area contributed by atoms with Crippen LogP contribution in [0.1, 0.15) is 87.5 Å². The Bertz CT molecular complexity index is 885. The lowest BCUT2D eigenvalue weighted by Crippen LogP contribution is -2.59. The molecule has 0 spiro atoms. The number of anilines is 1. The van der Waals surface area contributed by atoms with Gasteiger partial charge in [0.15, 0.2) is 11.5 Å². The number of aromatic nitrogens is 2. The summed E-state index contributed by atoms with van der Waals surface area (Å²) in [5.74, 6) is 5.03. The zero-order valence-electron chi connectivity index (χ0n) is 18.8. The number of carbonyl (C=O) groups excluding carboxylic acids is 2. The maximum absolute atomic E-state index is 13.2. The molecule has 1 aromatic heterocycles. The van der Waals surface area contributed by atoms with Crippen LogP contribution in [0.5, 0.6) is 0 Å². The van der Waals surface area contributed by atoms with E-state index >= 15 is 0 Å². The van der Waals surface area contributed by atoms with Gasteiger partial charge >= 0.3 is 0 Å². The SMILES string of the molecule is O=C(NC12CC3CC(CC(C3)C1)C2)c1ccc(NC(=O)C23CC4CC(CC(C4)C2)C3)nn1. The molecule has 8 aliphatic rings. The van der Waals surface area contributed by atoms with Crippen molar-refractivity contribution in [2.45, 2.75) is 82.6 Å². The van der Waals surface area contributed by atoms with E-state index in [1.54, 1.807) is 12.1 Å². The van der Waals surface area contributed by atoms with E-state index in [9.17, 15) is 9.59 Å². The predicted molar refractivity (Wildman–Crippen MR) is 120 cm³/mol. The quantitative estimate of drug-likeness (QED) is 0.739. The minimum absolute atomic E-state index is 0.0289. The molecular formula is C26H34N4O2. The first-order valence-corrected chi connectivity index (χ1v) is 12.9. The molecule has 0 unspecified atom stereocenters.